The number of hydrogen-bond acceptors (Lipinski definition) is 0. The van der Waals surface area contributed by atoms with Gasteiger partial charge in [0.25, 0.3) is 0 Å². The summed E-state index contributed by atoms with van der Waals surface area (Å²) in [5, 5.41) is 4.94. The van der Waals surface area contributed by atoms with Crippen LogP contribution < -0.4 is 0 Å². The van der Waals surface area contributed by atoms with Gasteiger partial charge in [0, 0.05) is 32.9 Å². The molecule has 2 heteroatoms. The fraction of sp³-hybridized carbons (Fsp3) is 0. The van der Waals surface area contributed by atoms with Gasteiger partial charge in [0.05, 0.1) is 22.1 Å². The SMILES string of the molecule is c1ccc(-c2ccc(-c3cccc(-n4c5ccccc5c5cc6c(cc54)c4cc(-c5ccccc5)ccc4n6-c4ccc(-c5ccccc5)cc4)c3)cc2)cc1. The molecule has 0 saturated heterocycles. The van der Waals surface area contributed by atoms with Gasteiger partial charge in [-0.1, -0.05) is 164 Å². The Balaban J connectivity index is 1.12. The maximum Gasteiger partial charge on any atom is 0.0548 e. The minimum absolute atomic E-state index is 1.14. The van der Waals surface area contributed by atoms with Crippen molar-refractivity contribution in [1.82, 2.24) is 9.13 Å². The van der Waals surface area contributed by atoms with E-state index < -0.39 is 0 Å². The number of rotatable bonds is 6. The largest absolute Gasteiger partial charge is 0.309 e. The van der Waals surface area contributed by atoms with Gasteiger partial charge in [-0.2, -0.15) is 0 Å². The number of aromatic nitrogens is 2. The van der Waals surface area contributed by atoms with Crippen molar-refractivity contribution in [3.8, 4) is 55.9 Å². The molecule has 0 saturated carbocycles. The van der Waals surface area contributed by atoms with Gasteiger partial charge in [-0.25, -0.2) is 0 Å². The third kappa shape index (κ3) is 5.34. The lowest BCUT2D eigenvalue weighted by Gasteiger charge is -2.12. The van der Waals surface area contributed by atoms with Gasteiger partial charge in [-0.05, 0) is 99.1 Å². The van der Waals surface area contributed by atoms with Crippen molar-refractivity contribution in [2.24, 2.45) is 0 Å². The summed E-state index contributed by atoms with van der Waals surface area (Å²) < 4.78 is 4.89. The monoisotopic (exact) mass is 712 g/mol. The Bertz CT molecular complexity index is 3190. The van der Waals surface area contributed by atoms with E-state index in [0.29, 0.717) is 0 Å². The average Bonchev–Trinajstić information content (AvgIpc) is 3.78. The van der Waals surface area contributed by atoms with Crippen LogP contribution in [0.25, 0.3) is 99.5 Å². The zero-order chi connectivity index (χ0) is 37.0. The molecular weight excluding hydrogens is 677 g/mol. The van der Waals surface area contributed by atoms with E-state index >= 15 is 0 Å². The van der Waals surface area contributed by atoms with Crippen LogP contribution >= 0.6 is 0 Å². The Kier molecular flexibility index (Phi) is 7.53. The highest BCUT2D eigenvalue weighted by molar-refractivity contribution is 6.19. The van der Waals surface area contributed by atoms with Crippen molar-refractivity contribution in [1.29, 1.82) is 0 Å². The molecule has 2 nitrogen and oxygen atoms in total. The van der Waals surface area contributed by atoms with Crippen LogP contribution in [-0.2, 0) is 0 Å². The van der Waals surface area contributed by atoms with Gasteiger partial charge >= 0.3 is 0 Å². The zero-order valence-electron chi connectivity index (χ0n) is 30.7. The van der Waals surface area contributed by atoms with E-state index in [4.69, 9.17) is 0 Å². The van der Waals surface area contributed by atoms with E-state index in [1.807, 2.05) is 0 Å². The molecule has 0 aliphatic heterocycles. The third-order valence-corrected chi connectivity index (χ3v) is 11.3. The molecule has 9 aromatic carbocycles. The second kappa shape index (κ2) is 13.2. The molecule has 0 aliphatic carbocycles. The molecule has 11 rings (SSSR count). The van der Waals surface area contributed by atoms with Crippen LogP contribution in [0.1, 0.15) is 0 Å². The lowest BCUT2D eigenvalue weighted by molar-refractivity contribution is 1.17. The Hall–Kier alpha value is -7.42. The van der Waals surface area contributed by atoms with E-state index in [2.05, 4.69) is 228 Å². The van der Waals surface area contributed by atoms with Gasteiger partial charge in [0.15, 0.2) is 0 Å². The van der Waals surface area contributed by atoms with Gasteiger partial charge < -0.3 is 9.13 Å². The van der Waals surface area contributed by atoms with Crippen molar-refractivity contribution in [2.75, 3.05) is 0 Å². The van der Waals surface area contributed by atoms with Gasteiger partial charge in [0.1, 0.15) is 0 Å². The minimum atomic E-state index is 1.14. The second-order valence-electron chi connectivity index (χ2n) is 14.6. The van der Waals surface area contributed by atoms with Gasteiger partial charge in [-0.3, -0.25) is 0 Å². The topological polar surface area (TPSA) is 9.86 Å². The summed E-state index contributed by atoms with van der Waals surface area (Å²) in [6.07, 6.45) is 0. The van der Waals surface area contributed by atoms with Crippen molar-refractivity contribution >= 4 is 43.6 Å². The molecule has 0 spiro atoms. The molecule has 0 aliphatic rings. The van der Waals surface area contributed by atoms with E-state index in [1.165, 1.54) is 88.1 Å². The molecule has 2 aromatic heterocycles. The van der Waals surface area contributed by atoms with Crippen LogP contribution in [0.5, 0.6) is 0 Å². The second-order valence-corrected chi connectivity index (χ2v) is 14.6. The van der Waals surface area contributed by atoms with Gasteiger partial charge in [0.2, 0.25) is 0 Å². The highest BCUT2D eigenvalue weighted by Crippen LogP contribution is 2.41. The molecule has 0 fully saturated rings. The van der Waals surface area contributed by atoms with Gasteiger partial charge in [-0.15, -0.1) is 0 Å². The Morgan fingerprint density at radius 3 is 1.21 bits per heavy atom. The fourth-order valence-electron chi connectivity index (χ4n) is 8.59. The minimum Gasteiger partial charge on any atom is -0.309 e. The molecule has 0 unspecified atom stereocenters. The van der Waals surface area contributed by atoms with Crippen LogP contribution in [-0.4, -0.2) is 9.13 Å². The number of para-hydroxylation sites is 1. The summed E-state index contributed by atoms with van der Waals surface area (Å²) in [5.74, 6) is 0. The molecule has 0 atom stereocenters. The smallest absolute Gasteiger partial charge is 0.0548 e. The normalized spacial score (nSPS) is 11.6. The Morgan fingerprint density at radius 1 is 0.196 bits per heavy atom. The van der Waals surface area contributed by atoms with Crippen molar-refractivity contribution < 1.29 is 0 Å². The lowest BCUT2D eigenvalue weighted by atomic mass is 10.00. The molecule has 0 amide bonds. The highest BCUT2D eigenvalue weighted by atomic mass is 15.0. The number of benzene rings is 9. The maximum atomic E-state index is 2.45. The first kappa shape index (κ1) is 32.0. The van der Waals surface area contributed by atoms with Crippen LogP contribution in [0.2, 0.25) is 0 Å². The third-order valence-electron chi connectivity index (χ3n) is 11.3. The molecule has 0 N–H and O–H groups in total. The molecule has 0 radical (unpaired) electrons. The predicted molar refractivity (Wildman–Crippen MR) is 237 cm³/mol. The Labute approximate surface area is 325 Å². The van der Waals surface area contributed by atoms with Crippen molar-refractivity contribution in [3.63, 3.8) is 0 Å². The first-order chi connectivity index (χ1) is 27.8. The van der Waals surface area contributed by atoms with Crippen molar-refractivity contribution in [2.45, 2.75) is 0 Å². The lowest BCUT2D eigenvalue weighted by Crippen LogP contribution is -1.95. The van der Waals surface area contributed by atoms with Crippen LogP contribution in [0, 0.1) is 0 Å². The Morgan fingerprint density at radius 2 is 0.589 bits per heavy atom. The summed E-state index contributed by atoms with van der Waals surface area (Å²) in [4.78, 5) is 0. The van der Waals surface area contributed by atoms with E-state index in [-0.39, 0.29) is 0 Å². The first-order valence-electron chi connectivity index (χ1n) is 19.3. The number of fused-ring (bicyclic) bond motifs is 6. The van der Waals surface area contributed by atoms with Crippen molar-refractivity contribution in [3.05, 3.63) is 218 Å². The quantitative estimate of drug-likeness (QED) is 0.162. The predicted octanol–water partition coefficient (Wildman–Crippen LogP) is 14.5. The van der Waals surface area contributed by atoms with Crippen LogP contribution in [0.4, 0.5) is 0 Å². The molecular formula is C54H36N2. The average molecular weight is 713 g/mol. The number of hydrogen-bond donors (Lipinski definition) is 0. The summed E-state index contributed by atoms with van der Waals surface area (Å²) in [7, 11) is 0. The molecule has 11 aromatic rings. The van der Waals surface area contributed by atoms with E-state index in [9.17, 15) is 0 Å². The molecule has 0 bridgehead atoms. The summed E-state index contributed by atoms with van der Waals surface area (Å²) in [6.45, 7) is 0. The molecule has 2 heterocycles. The molecule has 262 valence electrons. The summed E-state index contributed by atoms with van der Waals surface area (Å²) >= 11 is 0. The fourth-order valence-corrected chi connectivity index (χ4v) is 8.59. The summed E-state index contributed by atoms with van der Waals surface area (Å²) in [5.41, 5.74) is 16.8. The zero-order valence-corrected chi connectivity index (χ0v) is 30.7. The first-order valence-corrected chi connectivity index (χ1v) is 19.3. The maximum absolute atomic E-state index is 2.45. The standard InChI is InChI=1S/C54H36N2/c1-4-13-37(14-5-1)40-23-25-42(26-24-40)43-19-12-20-46(33-43)56-51-22-11-10-21-47(51)49-35-54-50(36-53(49)56)48-34-44(39-17-8-3-9-18-39)29-32-52(48)55(54)45-30-27-41(28-31-45)38-15-6-2-7-16-38/h1-36H. The van der Waals surface area contributed by atoms with Crippen LogP contribution in [0.15, 0.2) is 218 Å². The molecule has 56 heavy (non-hydrogen) atoms. The van der Waals surface area contributed by atoms with E-state index in [1.54, 1.807) is 0 Å². The summed E-state index contributed by atoms with van der Waals surface area (Å²) in [6, 6.07) is 79.4. The van der Waals surface area contributed by atoms with Crippen LogP contribution in [0.3, 0.4) is 0 Å². The number of nitrogens with zero attached hydrogens (tertiary/aromatic N) is 2. The van der Waals surface area contributed by atoms with E-state index in [0.717, 1.165) is 11.4 Å². The highest BCUT2D eigenvalue weighted by Gasteiger charge is 2.19.